The van der Waals surface area contributed by atoms with Crippen LogP contribution in [0.4, 0.5) is 5.69 Å². The quantitative estimate of drug-likeness (QED) is 0.519. The number of nitrogens with zero attached hydrogens (tertiary/aromatic N) is 2. The van der Waals surface area contributed by atoms with E-state index in [9.17, 15) is 4.79 Å². The summed E-state index contributed by atoms with van der Waals surface area (Å²) in [5.41, 5.74) is 3.90. The van der Waals surface area contributed by atoms with Gasteiger partial charge >= 0.3 is 5.97 Å². The molecule has 0 amide bonds. The first kappa shape index (κ1) is 19.0. The zero-order chi connectivity index (χ0) is 18.1. The Labute approximate surface area is 151 Å². The maximum atomic E-state index is 11.5. The SMILES string of the molecule is CCOC(=O)C[n+]1ccc(CCc2ccc(N(CC)CC)cc2)cc1. The summed E-state index contributed by atoms with van der Waals surface area (Å²) in [6, 6.07) is 13.0. The minimum atomic E-state index is -0.200. The Balaban J connectivity index is 1.87. The van der Waals surface area contributed by atoms with Crippen LogP contribution in [-0.4, -0.2) is 25.7 Å². The fourth-order valence-electron chi connectivity index (χ4n) is 2.87. The highest BCUT2D eigenvalue weighted by Gasteiger charge is 2.09. The Morgan fingerprint density at radius 1 is 0.920 bits per heavy atom. The molecule has 0 unspecified atom stereocenters. The van der Waals surface area contributed by atoms with Gasteiger partial charge in [0.05, 0.1) is 6.61 Å². The second kappa shape index (κ2) is 9.82. The summed E-state index contributed by atoms with van der Waals surface area (Å²) in [6.07, 6.45) is 5.89. The molecule has 25 heavy (non-hydrogen) atoms. The molecule has 1 heterocycles. The van der Waals surface area contributed by atoms with Gasteiger partial charge in [-0.1, -0.05) is 12.1 Å². The van der Waals surface area contributed by atoms with Crippen molar-refractivity contribution in [1.29, 1.82) is 0 Å². The van der Waals surface area contributed by atoms with Crippen molar-refractivity contribution in [2.45, 2.75) is 40.2 Å². The Hall–Kier alpha value is -2.36. The second-order valence-electron chi connectivity index (χ2n) is 6.02. The van der Waals surface area contributed by atoms with E-state index in [-0.39, 0.29) is 12.5 Å². The summed E-state index contributed by atoms with van der Waals surface area (Å²) in [6.45, 7) is 8.94. The molecule has 2 aromatic rings. The number of rotatable bonds is 9. The van der Waals surface area contributed by atoms with Crippen LogP contribution in [-0.2, 0) is 28.9 Å². The molecule has 134 valence electrons. The third-order valence-corrected chi connectivity index (χ3v) is 4.34. The lowest BCUT2D eigenvalue weighted by Crippen LogP contribution is -2.37. The average molecular weight is 341 g/mol. The molecule has 0 aliphatic heterocycles. The number of pyridine rings is 1. The average Bonchev–Trinajstić information content (AvgIpc) is 2.63. The number of hydrogen-bond acceptors (Lipinski definition) is 3. The fourth-order valence-corrected chi connectivity index (χ4v) is 2.87. The Kier molecular flexibility index (Phi) is 7.45. The van der Waals surface area contributed by atoms with E-state index < -0.39 is 0 Å². The van der Waals surface area contributed by atoms with Crippen molar-refractivity contribution >= 4 is 11.7 Å². The predicted octanol–water partition coefficient (Wildman–Crippen LogP) is 3.17. The lowest BCUT2D eigenvalue weighted by atomic mass is 10.0. The number of aromatic nitrogens is 1. The molecule has 0 N–H and O–H groups in total. The Bertz CT molecular complexity index is 647. The molecule has 0 radical (unpaired) electrons. The first-order valence-corrected chi connectivity index (χ1v) is 9.13. The van der Waals surface area contributed by atoms with Crippen molar-refractivity contribution in [3.63, 3.8) is 0 Å². The van der Waals surface area contributed by atoms with Crippen molar-refractivity contribution in [3.8, 4) is 0 Å². The molecule has 0 saturated carbocycles. The molecule has 0 aliphatic carbocycles. The number of hydrogen-bond donors (Lipinski definition) is 0. The van der Waals surface area contributed by atoms with Gasteiger partial charge in [-0.2, -0.15) is 4.57 Å². The number of ether oxygens (including phenoxy) is 1. The van der Waals surface area contributed by atoms with Crippen LogP contribution < -0.4 is 9.47 Å². The third kappa shape index (κ3) is 5.89. The predicted molar refractivity (Wildman–Crippen MR) is 101 cm³/mol. The molecule has 1 aromatic carbocycles. The van der Waals surface area contributed by atoms with E-state index in [1.54, 1.807) is 0 Å². The van der Waals surface area contributed by atoms with Crippen LogP contribution in [0.3, 0.4) is 0 Å². The molecule has 0 fully saturated rings. The van der Waals surface area contributed by atoms with Crippen LogP contribution in [0.2, 0.25) is 0 Å². The highest BCUT2D eigenvalue weighted by Crippen LogP contribution is 2.16. The van der Waals surface area contributed by atoms with Crippen LogP contribution in [0.15, 0.2) is 48.8 Å². The lowest BCUT2D eigenvalue weighted by Gasteiger charge is -2.21. The molecule has 0 aliphatic rings. The van der Waals surface area contributed by atoms with Gasteiger partial charge in [-0.05, 0) is 56.9 Å². The largest absolute Gasteiger partial charge is 0.461 e. The zero-order valence-electron chi connectivity index (χ0n) is 15.6. The summed E-state index contributed by atoms with van der Waals surface area (Å²) >= 11 is 0. The molecular formula is C21H29N2O2+. The van der Waals surface area contributed by atoms with Crippen LogP contribution in [0.25, 0.3) is 0 Å². The first-order valence-electron chi connectivity index (χ1n) is 9.13. The monoisotopic (exact) mass is 341 g/mol. The number of esters is 1. The smallest absolute Gasteiger partial charge is 0.372 e. The summed E-state index contributed by atoms with van der Waals surface area (Å²) in [5, 5.41) is 0. The maximum absolute atomic E-state index is 11.5. The molecule has 0 atom stereocenters. The van der Waals surface area contributed by atoms with Gasteiger partial charge in [0.25, 0.3) is 0 Å². The minimum Gasteiger partial charge on any atom is -0.461 e. The number of benzene rings is 1. The van der Waals surface area contributed by atoms with Crippen molar-refractivity contribution in [2.24, 2.45) is 0 Å². The van der Waals surface area contributed by atoms with Gasteiger partial charge in [0, 0.05) is 30.9 Å². The summed E-state index contributed by atoms with van der Waals surface area (Å²) in [7, 11) is 0. The van der Waals surface area contributed by atoms with Crippen molar-refractivity contribution in [2.75, 3.05) is 24.6 Å². The molecular weight excluding hydrogens is 312 g/mol. The first-order chi connectivity index (χ1) is 12.2. The number of anilines is 1. The van der Waals surface area contributed by atoms with Crippen LogP contribution in [0.1, 0.15) is 31.9 Å². The zero-order valence-corrected chi connectivity index (χ0v) is 15.6. The van der Waals surface area contributed by atoms with Crippen LogP contribution >= 0.6 is 0 Å². The third-order valence-electron chi connectivity index (χ3n) is 4.34. The van der Waals surface area contributed by atoms with E-state index in [0.29, 0.717) is 6.61 Å². The standard InChI is InChI=1S/C21H29N2O2/c1-4-23(5-2)20-11-9-18(10-12-20)7-8-19-13-15-22(16-14-19)17-21(24)25-6-3/h9-16H,4-8,17H2,1-3H3/q+1. The van der Waals surface area contributed by atoms with Crippen molar-refractivity contribution in [1.82, 2.24) is 0 Å². The fraction of sp³-hybridized carbons (Fsp3) is 0.429. The maximum Gasteiger partial charge on any atom is 0.372 e. The molecule has 0 saturated heterocycles. The molecule has 0 spiro atoms. The van der Waals surface area contributed by atoms with Gasteiger partial charge in [-0.25, -0.2) is 4.79 Å². The van der Waals surface area contributed by atoms with Gasteiger partial charge in [0.15, 0.2) is 12.4 Å². The van der Waals surface area contributed by atoms with E-state index in [2.05, 4.69) is 55.1 Å². The van der Waals surface area contributed by atoms with Gasteiger partial charge in [-0.3, -0.25) is 0 Å². The van der Waals surface area contributed by atoms with Crippen molar-refractivity contribution in [3.05, 3.63) is 59.9 Å². The molecule has 1 aromatic heterocycles. The lowest BCUT2D eigenvalue weighted by molar-refractivity contribution is -0.686. The van der Waals surface area contributed by atoms with Crippen LogP contribution in [0, 0.1) is 0 Å². The number of aryl methyl sites for hydroxylation is 2. The second-order valence-corrected chi connectivity index (χ2v) is 6.02. The minimum absolute atomic E-state index is 0.200. The van der Waals surface area contributed by atoms with Gasteiger partial charge in [0.1, 0.15) is 0 Å². The van der Waals surface area contributed by atoms with E-state index >= 15 is 0 Å². The Morgan fingerprint density at radius 2 is 1.48 bits per heavy atom. The highest BCUT2D eigenvalue weighted by atomic mass is 16.5. The molecule has 4 heteroatoms. The van der Waals surface area contributed by atoms with E-state index in [1.165, 1.54) is 16.8 Å². The van der Waals surface area contributed by atoms with E-state index in [0.717, 1.165) is 25.9 Å². The van der Waals surface area contributed by atoms with E-state index in [1.807, 2.05) is 23.9 Å². The molecule has 2 rings (SSSR count). The van der Waals surface area contributed by atoms with Crippen molar-refractivity contribution < 1.29 is 14.1 Å². The summed E-state index contributed by atoms with van der Waals surface area (Å²) in [5.74, 6) is -0.200. The van der Waals surface area contributed by atoms with Gasteiger partial charge in [-0.15, -0.1) is 0 Å². The van der Waals surface area contributed by atoms with E-state index in [4.69, 9.17) is 4.74 Å². The molecule has 4 nitrogen and oxygen atoms in total. The number of carbonyl (C=O) groups is 1. The van der Waals surface area contributed by atoms with Gasteiger partial charge < -0.3 is 9.64 Å². The van der Waals surface area contributed by atoms with Gasteiger partial charge in [0.2, 0.25) is 6.54 Å². The number of carbonyl (C=O) groups excluding carboxylic acids is 1. The Morgan fingerprint density at radius 3 is 2.00 bits per heavy atom. The van der Waals surface area contributed by atoms with Crippen LogP contribution in [0.5, 0.6) is 0 Å². The normalized spacial score (nSPS) is 10.5. The summed E-state index contributed by atoms with van der Waals surface area (Å²) < 4.78 is 6.81. The highest BCUT2D eigenvalue weighted by molar-refractivity contribution is 5.67. The molecule has 0 bridgehead atoms. The summed E-state index contributed by atoms with van der Waals surface area (Å²) in [4.78, 5) is 13.8. The topological polar surface area (TPSA) is 33.4 Å².